The summed E-state index contributed by atoms with van der Waals surface area (Å²) in [6.07, 6.45) is 4.16. The fourth-order valence-electron chi connectivity index (χ4n) is 5.20. The minimum absolute atomic E-state index is 0.106. The van der Waals surface area contributed by atoms with Crippen LogP contribution in [0, 0.1) is 17.8 Å². The van der Waals surface area contributed by atoms with Crippen LogP contribution in [0.15, 0.2) is 34.1 Å². The number of thioether (sulfide) groups is 1. The average Bonchev–Trinajstić information content (AvgIpc) is 3.26. The van der Waals surface area contributed by atoms with Crippen LogP contribution in [0.25, 0.3) is 0 Å². The molecule has 2 heterocycles. The van der Waals surface area contributed by atoms with E-state index >= 15 is 0 Å². The Kier molecular flexibility index (Phi) is 3.39. The van der Waals surface area contributed by atoms with Crippen molar-refractivity contribution >= 4 is 28.8 Å². The average molecular weight is 359 g/mol. The van der Waals surface area contributed by atoms with Gasteiger partial charge in [-0.15, -0.1) is 11.8 Å². The van der Waals surface area contributed by atoms with Crippen molar-refractivity contribution in [1.29, 1.82) is 0 Å². The molecule has 1 N–H and O–H groups in total. The smallest absolute Gasteiger partial charge is 0.305 e. The van der Waals surface area contributed by atoms with Crippen molar-refractivity contribution < 1.29 is 0 Å². The number of fused-ring (bicyclic) bond motifs is 6. The molecule has 5 rings (SSSR count). The van der Waals surface area contributed by atoms with E-state index in [1.807, 2.05) is 11.8 Å². The molecule has 2 aliphatic carbocycles. The molecule has 5 atom stereocenters. The number of hydrogen-bond donors (Lipinski definition) is 1. The number of aromatic nitrogens is 1. The molecular formula is C19H22N2OS2. The van der Waals surface area contributed by atoms with Crippen LogP contribution < -0.4 is 9.77 Å². The number of benzene rings is 1. The molecule has 1 aromatic carbocycles. The first-order valence-corrected chi connectivity index (χ1v) is 10.5. The predicted molar refractivity (Wildman–Crippen MR) is 102 cm³/mol. The van der Waals surface area contributed by atoms with Gasteiger partial charge in [0.15, 0.2) is 0 Å². The number of thiazole rings is 1. The van der Waals surface area contributed by atoms with Crippen LogP contribution in [0.5, 0.6) is 0 Å². The number of nitrogens with one attached hydrogen (secondary N) is 1. The van der Waals surface area contributed by atoms with Crippen LogP contribution in [0.3, 0.4) is 0 Å². The van der Waals surface area contributed by atoms with Gasteiger partial charge in [-0.3, -0.25) is 4.79 Å². The van der Waals surface area contributed by atoms with E-state index in [4.69, 9.17) is 0 Å². The Morgan fingerprint density at radius 2 is 1.88 bits per heavy atom. The monoisotopic (exact) mass is 358 g/mol. The summed E-state index contributed by atoms with van der Waals surface area (Å²) in [7, 11) is 4.16. The Hall–Kier alpha value is -1.20. The number of aromatic amines is 1. The Morgan fingerprint density at radius 1 is 1.12 bits per heavy atom. The van der Waals surface area contributed by atoms with E-state index in [0.29, 0.717) is 17.1 Å². The molecule has 0 spiro atoms. The third kappa shape index (κ3) is 2.14. The van der Waals surface area contributed by atoms with Crippen LogP contribution in [-0.4, -0.2) is 24.3 Å². The zero-order valence-corrected chi connectivity index (χ0v) is 15.6. The van der Waals surface area contributed by atoms with Gasteiger partial charge in [-0.1, -0.05) is 23.5 Å². The first kappa shape index (κ1) is 15.1. The summed E-state index contributed by atoms with van der Waals surface area (Å²) < 4.78 is 0. The van der Waals surface area contributed by atoms with Crippen molar-refractivity contribution in [2.24, 2.45) is 17.8 Å². The molecule has 0 radical (unpaired) electrons. The number of nitrogens with zero attached hydrogens (tertiary/aromatic N) is 1. The van der Waals surface area contributed by atoms with Gasteiger partial charge in [0.05, 0.1) is 5.03 Å². The summed E-state index contributed by atoms with van der Waals surface area (Å²) in [5.41, 5.74) is 2.62. The molecule has 0 unspecified atom stereocenters. The van der Waals surface area contributed by atoms with Gasteiger partial charge in [0, 0.05) is 35.8 Å². The molecule has 3 aliphatic rings. The van der Waals surface area contributed by atoms with E-state index in [9.17, 15) is 4.79 Å². The molecule has 3 nitrogen and oxygen atoms in total. The lowest BCUT2D eigenvalue weighted by atomic mass is 9.75. The van der Waals surface area contributed by atoms with Crippen LogP contribution in [-0.2, 0) is 0 Å². The molecule has 0 amide bonds. The molecule has 1 aliphatic heterocycles. The van der Waals surface area contributed by atoms with Gasteiger partial charge in [-0.05, 0) is 54.7 Å². The summed E-state index contributed by atoms with van der Waals surface area (Å²) in [5.74, 6) is 2.81. The molecule has 24 heavy (non-hydrogen) atoms. The van der Waals surface area contributed by atoms with E-state index in [1.54, 1.807) is 0 Å². The van der Waals surface area contributed by atoms with Crippen LogP contribution in [0.2, 0.25) is 0 Å². The van der Waals surface area contributed by atoms with E-state index in [0.717, 1.165) is 16.9 Å². The number of rotatable bonds is 2. The number of hydrogen-bond acceptors (Lipinski definition) is 4. The normalized spacial score (nSPS) is 33.3. The van der Waals surface area contributed by atoms with Gasteiger partial charge in [0.25, 0.3) is 0 Å². The molecule has 5 heteroatoms. The molecule has 2 saturated carbocycles. The second-order valence-corrected chi connectivity index (χ2v) is 9.87. The molecule has 2 fully saturated rings. The van der Waals surface area contributed by atoms with Crippen molar-refractivity contribution in [2.75, 3.05) is 19.0 Å². The minimum Gasteiger partial charge on any atom is -0.378 e. The van der Waals surface area contributed by atoms with Crippen molar-refractivity contribution in [3.05, 3.63) is 44.4 Å². The number of anilines is 1. The zero-order valence-electron chi connectivity index (χ0n) is 14.0. The first-order valence-electron chi connectivity index (χ1n) is 8.79. The Morgan fingerprint density at radius 3 is 2.62 bits per heavy atom. The summed E-state index contributed by atoms with van der Waals surface area (Å²) in [6.45, 7) is 0. The minimum atomic E-state index is 0.106. The van der Waals surface area contributed by atoms with Gasteiger partial charge >= 0.3 is 4.87 Å². The van der Waals surface area contributed by atoms with E-state index in [2.05, 4.69) is 48.2 Å². The lowest BCUT2D eigenvalue weighted by Crippen LogP contribution is -2.33. The summed E-state index contributed by atoms with van der Waals surface area (Å²) in [5, 5.41) is 1.85. The van der Waals surface area contributed by atoms with E-state index in [-0.39, 0.29) is 4.87 Å². The Balaban J connectivity index is 1.62. The van der Waals surface area contributed by atoms with Crippen molar-refractivity contribution in [3.63, 3.8) is 0 Å². The van der Waals surface area contributed by atoms with Crippen molar-refractivity contribution in [1.82, 2.24) is 4.98 Å². The molecule has 126 valence electrons. The highest BCUT2D eigenvalue weighted by Crippen LogP contribution is 2.63. The maximum absolute atomic E-state index is 12.0. The Labute approximate surface area is 150 Å². The largest absolute Gasteiger partial charge is 0.378 e. The SMILES string of the molecule is CN(C)c1ccc([C@H]2c3sc(=O)[nH]c3S[C@@H]3[C@@H]4CC[C@H](C4)[C@H]23)cc1. The quantitative estimate of drug-likeness (QED) is 0.876. The molecule has 1 aromatic heterocycles. The molecular weight excluding hydrogens is 336 g/mol. The maximum Gasteiger partial charge on any atom is 0.305 e. The Bertz CT molecular complexity index is 823. The van der Waals surface area contributed by atoms with Crippen molar-refractivity contribution in [2.45, 2.75) is 35.5 Å². The molecule has 2 aromatic rings. The zero-order chi connectivity index (χ0) is 16.4. The van der Waals surface area contributed by atoms with Gasteiger partial charge in [0.2, 0.25) is 0 Å². The first-order chi connectivity index (χ1) is 11.6. The topological polar surface area (TPSA) is 36.1 Å². The van der Waals surface area contributed by atoms with Gasteiger partial charge in [0.1, 0.15) is 0 Å². The van der Waals surface area contributed by atoms with E-state index in [1.165, 1.54) is 46.7 Å². The maximum atomic E-state index is 12.0. The third-order valence-electron chi connectivity index (χ3n) is 6.23. The molecule has 0 saturated heterocycles. The van der Waals surface area contributed by atoms with Gasteiger partial charge < -0.3 is 9.88 Å². The highest BCUT2D eigenvalue weighted by atomic mass is 32.2. The lowest BCUT2D eigenvalue weighted by Gasteiger charge is -2.40. The summed E-state index contributed by atoms with van der Waals surface area (Å²) >= 11 is 3.40. The standard InChI is InChI=1S/C19H22N2OS2/c1-21(2)13-7-5-10(6-8-13)14-15-11-3-4-12(9-11)16(15)23-18-17(14)24-19(22)20-18/h5-8,11-12,14-16H,3-4,9H2,1-2H3,(H,20,22)/t11-,12-,14-,15-,16-/m1/s1. The second-order valence-electron chi connectivity index (χ2n) is 7.66. The van der Waals surface area contributed by atoms with E-state index < -0.39 is 0 Å². The van der Waals surface area contributed by atoms with Crippen LogP contribution in [0.1, 0.15) is 35.6 Å². The van der Waals surface area contributed by atoms with Crippen LogP contribution >= 0.6 is 23.1 Å². The van der Waals surface area contributed by atoms with Crippen LogP contribution in [0.4, 0.5) is 5.69 Å². The highest BCUT2D eigenvalue weighted by Gasteiger charge is 2.54. The molecule has 2 bridgehead atoms. The summed E-state index contributed by atoms with van der Waals surface area (Å²) in [6, 6.07) is 9.00. The van der Waals surface area contributed by atoms with Crippen molar-refractivity contribution in [3.8, 4) is 0 Å². The lowest BCUT2D eigenvalue weighted by molar-refractivity contribution is 0.307. The number of H-pyrrole nitrogens is 1. The third-order valence-corrected chi connectivity index (χ3v) is 8.86. The van der Waals surface area contributed by atoms with Gasteiger partial charge in [-0.25, -0.2) is 0 Å². The fourth-order valence-corrected chi connectivity index (χ4v) is 8.10. The summed E-state index contributed by atoms with van der Waals surface area (Å²) in [4.78, 5) is 18.7. The van der Waals surface area contributed by atoms with Gasteiger partial charge in [-0.2, -0.15) is 0 Å². The fraction of sp³-hybridized carbons (Fsp3) is 0.526. The predicted octanol–water partition coefficient (Wildman–Crippen LogP) is 4.15. The second kappa shape index (κ2) is 5.40. The highest BCUT2D eigenvalue weighted by molar-refractivity contribution is 8.00.